The first-order chi connectivity index (χ1) is 7.77. The summed E-state index contributed by atoms with van der Waals surface area (Å²) in [5.41, 5.74) is 1.63. The molecule has 78 valence electrons. The molecule has 0 amide bonds. The number of rotatable bonds is 0. The third kappa shape index (κ3) is 1.15. The van der Waals surface area contributed by atoms with Crippen LogP contribution >= 0.6 is 0 Å². The van der Waals surface area contributed by atoms with E-state index in [1.807, 2.05) is 30.5 Å². The molecule has 0 fully saturated rings. The molecule has 3 nitrogen and oxygen atoms in total. The van der Waals surface area contributed by atoms with Crippen LogP contribution in [0.1, 0.15) is 0 Å². The predicted molar refractivity (Wildman–Crippen MR) is 63.6 cm³/mol. The van der Waals surface area contributed by atoms with Gasteiger partial charge in [-0.25, -0.2) is 0 Å². The highest BCUT2D eigenvalue weighted by atomic mass is 16.1. The third-order valence-corrected chi connectivity index (χ3v) is 2.83. The van der Waals surface area contributed by atoms with Gasteiger partial charge in [-0.05, 0) is 5.39 Å². The second kappa shape index (κ2) is 3.17. The highest BCUT2D eigenvalue weighted by molar-refractivity contribution is 5.95. The van der Waals surface area contributed by atoms with E-state index < -0.39 is 0 Å². The van der Waals surface area contributed by atoms with E-state index in [2.05, 4.69) is 4.98 Å². The van der Waals surface area contributed by atoms with Crippen LogP contribution < -0.4 is 5.56 Å². The summed E-state index contributed by atoms with van der Waals surface area (Å²) in [5, 5.41) is 2.11. The lowest BCUT2D eigenvalue weighted by Gasteiger charge is -1.94. The Hall–Kier alpha value is -2.16. The van der Waals surface area contributed by atoms with Crippen LogP contribution in [-0.4, -0.2) is 9.55 Å². The summed E-state index contributed by atoms with van der Waals surface area (Å²) in [6.07, 6.45) is 5.29. The van der Waals surface area contributed by atoms with Gasteiger partial charge in [-0.15, -0.1) is 0 Å². The second-order valence-electron chi connectivity index (χ2n) is 3.87. The van der Waals surface area contributed by atoms with Crippen LogP contribution in [-0.2, 0) is 7.05 Å². The van der Waals surface area contributed by atoms with Crippen molar-refractivity contribution in [3.8, 4) is 11.1 Å². The molecule has 0 saturated carbocycles. The zero-order chi connectivity index (χ0) is 11.1. The van der Waals surface area contributed by atoms with Crippen LogP contribution in [0, 0.1) is 0 Å². The normalized spacial score (nSPS) is 11.1. The fourth-order valence-electron chi connectivity index (χ4n) is 2.01. The minimum absolute atomic E-state index is 0.00357. The van der Waals surface area contributed by atoms with Crippen molar-refractivity contribution in [1.82, 2.24) is 9.55 Å². The monoisotopic (exact) mass is 210 g/mol. The van der Waals surface area contributed by atoms with Crippen molar-refractivity contribution in [2.24, 2.45) is 7.05 Å². The first-order valence-electron chi connectivity index (χ1n) is 5.09. The Morgan fingerprint density at radius 1 is 1.12 bits per heavy atom. The molecule has 0 aromatic heterocycles. The number of nitrogens with zero attached hydrogens (tertiary/aromatic N) is 2. The SMILES string of the molecule is Cn1cc2c3ccccc3cncc-2c1=O. The minimum Gasteiger partial charge on any atom is -0.317 e. The van der Waals surface area contributed by atoms with E-state index >= 15 is 0 Å². The quantitative estimate of drug-likeness (QED) is 0.569. The van der Waals surface area contributed by atoms with Crippen LogP contribution in [0.4, 0.5) is 0 Å². The molecule has 16 heavy (non-hydrogen) atoms. The van der Waals surface area contributed by atoms with Crippen molar-refractivity contribution in [1.29, 1.82) is 0 Å². The average Bonchev–Trinajstić information content (AvgIpc) is 2.50. The molecular formula is C13H10N2O. The first-order valence-corrected chi connectivity index (χ1v) is 5.09. The smallest absolute Gasteiger partial charge is 0.259 e. The molecule has 3 heteroatoms. The number of aromatic nitrogens is 2. The molecule has 1 aromatic carbocycles. The number of benzene rings is 1. The van der Waals surface area contributed by atoms with Gasteiger partial charge in [0, 0.05) is 36.6 Å². The zero-order valence-electron chi connectivity index (χ0n) is 8.84. The Kier molecular flexibility index (Phi) is 1.80. The van der Waals surface area contributed by atoms with Crippen molar-refractivity contribution in [2.45, 2.75) is 0 Å². The van der Waals surface area contributed by atoms with Gasteiger partial charge < -0.3 is 4.57 Å². The Bertz CT molecular complexity index is 700. The van der Waals surface area contributed by atoms with Crippen molar-refractivity contribution in [3.05, 3.63) is 53.2 Å². The summed E-state index contributed by atoms with van der Waals surface area (Å²) in [5.74, 6) is 0. The van der Waals surface area contributed by atoms with Crippen LogP contribution in [0.5, 0.6) is 0 Å². The molecule has 0 bridgehead atoms. The summed E-state index contributed by atoms with van der Waals surface area (Å²) in [6.45, 7) is 0. The molecular weight excluding hydrogens is 200 g/mol. The van der Waals surface area contributed by atoms with Gasteiger partial charge in [-0.3, -0.25) is 9.78 Å². The van der Waals surface area contributed by atoms with Crippen LogP contribution in [0.25, 0.3) is 21.9 Å². The zero-order valence-corrected chi connectivity index (χ0v) is 8.84. The van der Waals surface area contributed by atoms with Gasteiger partial charge in [-0.1, -0.05) is 24.3 Å². The fraction of sp³-hybridized carbons (Fsp3) is 0.0769. The van der Waals surface area contributed by atoms with Gasteiger partial charge in [0.25, 0.3) is 5.56 Å². The first kappa shape index (κ1) is 9.09. The van der Waals surface area contributed by atoms with Gasteiger partial charge in [-0.2, -0.15) is 0 Å². The molecule has 0 unspecified atom stereocenters. The maximum Gasteiger partial charge on any atom is 0.259 e. The highest BCUT2D eigenvalue weighted by Crippen LogP contribution is 2.25. The molecule has 0 radical (unpaired) electrons. The number of fused-ring (bicyclic) bond motifs is 3. The Balaban J connectivity index is 2.59. The molecule has 0 atom stereocenters. The van der Waals surface area contributed by atoms with Gasteiger partial charge in [0.1, 0.15) is 0 Å². The van der Waals surface area contributed by atoms with Crippen molar-refractivity contribution in [3.63, 3.8) is 0 Å². The highest BCUT2D eigenvalue weighted by Gasteiger charge is 2.12. The van der Waals surface area contributed by atoms with E-state index in [1.54, 1.807) is 24.0 Å². The summed E-state index contributed by atoms with van der Waals surface area (Å²) in [7, 11) is 1.76. The lowest BCUT2D eigenvalue weighted by molar-refractivity contribution is 0.890. The molecule has 3 rings (SSSR count). The lowest BCUT2D eigenvalue weighted by Crippen LogP contribution is -2.09. The molecule has 2 aliphatic rings. The standard InChI is InChI=1S/C13H10N2O/c1-15-8-12-10-5-3-2-4-9(10)6-14-7-11(12)13(15)16/h2-8H,1H3. The Morgan fingerprint density at radius 2 is 1.94 bits per heavy atom. The Labute approximate surface area is 92.3 Å². The van der Waals surface area contributed by atoms with E-state index in [1.165, 1.54) is 0 Å². The molecule has 1 aromatic rings. The molecule has 2 heterocycles. The van der Waals surface area contributed by atoms with Gasteiger partial charge in [0.15, 0.2) is 0 Å². The largest absolute Gasteiger partial charge is 0.317 e. The van der Waals surface area contributed by atoms with E-state index in [0.29, 0.717) is 5.56 Å². The van der Waals surface area contributed by atoms with E-state index in [-0.39, 0.29) is 5.56 Å². The number of hydrogen-bond acceptors (Lipinski definition) is 2. The fourth-order valence-corrected chi connectivity index (χ4v) is 2.01. The van der Waals surface area contributed by atoms with Gasteiger partial charge in [0.2, 0.25) is 0 Å². The maximum atomic E-state index is 11.8. The third-order valence-electron chi connectivity index (χ3n) is 2.83. The molecule has 2 aliphatic heterocycles. The number of hydrogen-bond donors (Lipinski definition) is 0. The predicted octanol–water partition coefficient (Wildman–Crippen LogP) is 2.04. The van der Waals surface area contributed by atoms with E-state index in [4.69, 9.17) is 0 Å². The maximum absolute atomic E-state index is 11.8. The topological polar surface area (TPSA) is 34.9 Å². The number of aryl methyl sites for hydroxylation is 1. The van der Waals surface area contributed by atoms with Crippen molar-refractivity contribution < 1.29 is 0 Å². The lowest BCUT2D eigenvalue weighted by atomic mass is 10.1. The average molecular weight is 210 g/mol. The van der Waals surface area contributed by atoms with Crippen molar-refractivity contribution >= 4 is 10.8 Å². The minimum atomic E-state index is 0.00357. The van der Waals surface area contributed by atoms with E-state index in [9.17, 15) is 4.79 Å². The molecule has 0 N–H and O–H groups in total. The van der Waals surface area contributed by atoms with Gasteiger partial charge >= 0.3 is 0 Å². The van der Waals surface area contributed by atoms with E-state index in [0.717, 1.165) is 16.3 Å². The van der Waals surface area contributed by atoms with Crippen LogP contribution in [0.2, 0.25) is 0 Å². The Morgan fingerprint density at radius 3 is 2.81 bits per heavy atom. The molecule has 0 aliphatic carbocycles. The van der Waals surface area contributed by atoms with Gasteiger partial charge in [0.05, 0.1) is 5.56 Å². The summed E-state index contributed by atoms with van der Waals surface area (Å²) in [4.78, 5) is 16.0. The summed E-state index contributed by atoms with van der Waals surface area (Å²) in [6, 6.07) is 7.95. The van der Waals surface area contributed by atoms with Crippen LogP contribution in [0.3, 0.4) is 0 Å². The summed E-state index contributed by atoms with van der Waals surface area (Å²) < 4.78 is 1.60. The molecule has 0 spiro atoms. The van der Waals surface area contributed by atoms with Crippen LogP contribution in [0.15, 0.2) is 47.7 Å². The molecule has 0 saturated heterocycles. The van der Waals surface area contributed by atoms with Crippen molar-refractivity contribution in [2.75, 3.05) is 0 Å². The summed E-state index contributed by atoms with van der Waals surface area (Å²) >= 11 is 0. The second-order valence-corrected chi connectivity index (χ2v) is 3.87.